The molecular weight excluding hydrogens is 247 g/mol. The molecule has 6 heteroatoms. The van der Waals surface area contributed by atoms with E-state index in [1.54, 1.807) is 0 Å². The van der Waals surface area contributed by atoms with Crippen LogP contribution in [0.15, 0.2) is 18.2 Å². The fraction of sp³-hybridized carbons (Fsp3) is 0.417. The zero-order chi connectivity index (χ0) is 13.6. The predicted molar refractivity (Wildman–Crippen MR) is 58.0 cm³/mol. The van der Waals surface area contributed by atoms with Crippen LogP contribution in [0.25, 0.3) is 0 Å². The van der Waals surface area contributed by atoms with Crippen LogP contribution < -0.4 is 4.74 Å². The zero-order valence-corrected chi connectivity index (χ0v) is 9.50. The number of rotatable bonds is 5. The van der Waals surface area contributed by atoms with E-state index in [0.717, 1.165) is 12.1 Å². The molecule has 0 radical (unpaired) electrons. The van der Waals surface area contributed by atoms with Crippen molar-refractivity contribution in [1.82, 2.24) is 0 Å². The van der Waals surface area contributed by atoms with Crippen LogP contribution in [0.5, 0.6) is 5.75 Å². The second-order valence-corrected chi connectivity index (χ2v) is 3.60. The van der Waals surface area contributed by atoms with Crippen molar-refractivity contribution in [3.05, 3.63) is 29.3 Å². The zero-order valence-electron chi connectivity index (χ0n) is 9.50. The smallest absolute Gasteiger partial charge is 0.417 e. The van der Waals surface area contributed by atoms with Crippen LogP contribution in [0, 0.1) is 11.3 Å². The van der Waals surface area contributed by atoms with Gasteiger partial charge in [-0.05, 0) is 31.0 Å². The van der Waals surface area contributed by atoms with Crippen molar-refractivity contribution in [1.29, 1.82) is 5.26 Å². The first-order chi connectivity index (χ1) is 8.49. The Kier molecular flexibility index (Phi) is 4.98. The Morgan fingerprint density at radius 3 is 2.56 bits per heavy atom. The Balaban J connectivity index is 2.81. The minimum Gasteiger partial charge on any atom is -0.494 e. The number of benzene rings is 1. The SMILES string of the molecule is N#Cc1ccc(OCCCCO)cc1C(F)(F)F. The highest BCUT2D eigenvalue weighted by Crippen LogP contribution is 2.34. The molecule has 0 heterocycles. The molecule has 1 aromatic carbocycles. The summed E-state index contributed by atoms with van der Waals surface area (Å²) < 4.78 is 43.0. The molecule has 98 valence electrons. The van der Waals surface area contributed by atoms with Gasteiger partial charge in [-0.1, -0.05) is 0 Å². The molecule has 0 aliphatic heterocycles. The van der Waals surface area contributed by atoms with E-state index in [-0.39, 0.29) is 19.0 Å². The van der Waals surface area contributed by atoms with Gasteiger partial charge in [0.05, 0.1) is 23.8 Å². The highest BCUT2D eigenvalue weighted by Gasteiger charge is 2.34. The molecule has 0 amide bonds. The molecule has 0 saturated heterocycles. The lowest BCUT2D eigenvalue weighted by atomic mass is 10.1. The summed E-state index contributed by atoms with van der Waals surface area (Å²) in [7, 11) is 0. The van der Waals surface area contributed by atoms with Gasteiger partial charge >= 0.3 is 6.18 Å². The van der Waals surface area contributed by atoms with E-state index in [9.17, 15) is 13.2 Å². The molecule has 0 fully saturated rings. The fourth-order valence-electron chi connectivity index (χ4n) is 1.35. The van der Waals surface area contributed by atoms with Crippen molar-refractivity contribution in [2.45, 2.75) is 19.0 Å². The molecule has 0 aromatic heterocycles. The molecular formula is C12H12F3NO2. The van der Waals surface area contributed by atoms with Crippen molar-refractivity contribution in [2.75, 3.05) is 13.2 Å². The highest BCUT2D eigenvalue weighted by molar-refractivity contribution is 5.44. The van der Waals surface area contributed by atoms with Gasteiger partial charge in [-0.15, -0.1) is 0 Å². The number of halogens is 3. The number of hydrogen-bond donors (Lipinski definition) is 1. The van der Waals surface area contributed by atoms with Crippen LogP contribution >= 0.6 is 0 Å². The highest BCUT2D eigenvalue weighted by atomic mass is 19.4. The maximum absolute atomic E-state index is 12.6. The van der Waals surface area contributed by atoms with E-state index in [4.69, 9.17) is 15.1 Å². The Hall–Kier alpha value is -1.74. The Morgan fingerprint density at radius 1 is 1.28 bits per heavy atom. The summed E-state index contributed by atoms with van der Waals surface area (Å²) in [6.07, 6.45) is -3.49. The lowest BCUT2D eigenvalue weighted by molar-refractivity contribution is -0.137. The number of aliphatic hydroxyl groups is 1. The van der Waals surface area contributed by atoms with Gasteiger partial charge in [0, 0.05) is 6.61 Å². The molecule has 0 aliphatic rings. The van der Waals surface area contributed by atoms with Crippen LogP contribution in [-0.2, 0) is 6.18 Å². The second-order valence-electron chi connectivity index (χ2n) is 3.60. The minimum atomic E-state index is -4.57. The number of unbranched alkanes of at least 4 members (excludes halogenated alkanes) is 1. The molecule has 0 saturated carbocycles. The average molecular weight is 259 g/mol. The van der Waals surface area contributed by atoms with Gasteiger partial charge in [0.1, 0.15) is 5.75 Å². The Bertz CT molecular complexity index is 438. The fourth-order valence-corrected chi connectivity index (χ4v) is 1.35. The van der Waals surface area contributed by atoms with Gasteiger partial charge in [-0.2, -0.15) is 18.4 Å². The van der Waals surface area contributed by atoms with Crippen molar-refractivity contribution in [2.24, 2.45) is 0 Å². The van der Waals surface area contributed by atoms with Gasteiger partial charge in [-0.3, -0.25) is 0 Å². The summed E-state index contributed by atoms with van der Waals surface area (Å²) in [5, 5.41) is 17.1. The van der Waals surface area contributed by atoms with Crippen LogP contribution in [-0.4, -0.2) is 18.3 Å². The maximum atomic E-state index is 12.6. The first-order valence-electron chi connectivity index (χ1n) is 5.34. The first kappa shape index (κ1) is 14.3. The minimum absolute atomic E-state index is 0.0184. The third-order valence-electron chi connectivity index (χ3n) is 2.24. The summed E-state index contributed by atoms with van der Waals surface area (Å²) in [5.41, 5.74) is -1.42. The number of ether oxygens (including phenoxy) is 1. The summed E-state index contributed by atoms with van der Waals surface area (Å²) in [6, 6.07) is 4.73. The topological polar surface area (TPSA) is 53.2 Å². The van der Waals surface area contributed by atoms with E-state index in [2.05, 4.69) is 0 Å². The predicted octanol–water partition coefficient (Wildman–Crippen LogP) is 2.73. The molecule has 0 bridgehead atoms. The standard InChI is InChI=1S/C12H12F3NO2/c13-12(14,15)11-7-10(4-3-9(11)8-16)18-6-2-1-5-17/h3-4,7,17H,1-2,5-6H2. The van der Waals surface area contributed by atoms with Crippen molar-refractivity contribution in [3.63, 3.8) is 0 Å². The molecule has 3 nitrogen and oxygen atoms in total. The van der Waals surface area contributed by atoms with E-state index in [1.807, 2.05) is 0 Å². The maximum Gasteiger partial charge on any atom is 0.417 e. The number of hydrogen-bond acceptors (Lipinski definition) is 3. The number of aliphatic hydroxyl groups excluding tert-OH is 1. The van der Waals surface area contributed by atoms with Gasteiger partial charge in [0.2, 0.25) is 0 Å². The Morgan fingerprint density at radius 2 is 2.00 bits per heavy atom. The number of nitriles is 1. The summed E-state index contributed by atoms with van der Waals surface area (Å²) in [4.78, 5) is 0. The molecule has 1 aromatic rings. The van der Waals surface area contributed by atoms with Crippen LogP contribution in [0.3, 0.4) is 0 Å². The van der Waals surface area contributed by atoms with Crippen LogP contribution in [0.4, 0.5) is 13.2 Å². The third kappa shape index (κ3) is 3.93. The van der Waals surface area contributed by atoms with E-state index in [0.29, 0.717) is 12.8 Å². The van der Waals surface area contributed by atoms with E-state index < -0.39 is 17.3 Å². The molecule has 1 N–H and O–H groups in total. The Labute approximate surface area is 102 Å². The molecule has 1 rings (SSSR count). The largest absolute Gasteiger partial charge is 0.494 e. The van der Waals surface area contributed by atoms with Crippen molar-refractivity contribution in [3.8, 4) is 11.8 Å². The molecule has 0 aliphatic carbocycles. The monoisotopic (exact) mass is 259 g/mol. The van der Waals surface area contributed by atoms with E-state index >= 15 is 0 Å². The van der Waals surface area contributed by atoms with Gasteiger partial charge < -0.3 is 9.84 Å². The van der Waals surface area contributed by atoms with E-state index in [1.165, 1.54) is 12.1 Å². The van der Waals surface area contributed by atoms with Gasteiger partial charge in [0.15, 0.2) is 0 Å². The number of alkyl halides is 3. The lowest BCUT2D eigenvalue weighted by Gasteiger charge is -2.11. The molecule has 0 unspecified atom stereocenters. The van der Waals surface area contributed by atoms with Crippen LogP contribution in [0.2, 0.25) is 0 Å². The second kappa shape index (κ2) is 6.26. The summed E-state index contributed by atoms with van der Waals surface area (Å²) >= 11 is 0. The molecule has 18 heavy (non-hydrogen) atoms. The third-order valence-corrected chi connectivity index (χ3v) is 2.24. The normalized spacial score (nSPS) is 11.1. The first-order valence-corrected chi connectivity index (χ1v) is 5.34. The van der Waals surface area contributed by atoms with Gasteiger partial charge in [0.25, 0.3) is 0 Å². The summed E-state index contributed by atoms with van der Waals surface area (Å²) in [6.45, 7) is 0.244. The van der Waals surface area contributed by atoms with Crippen molar-refractivity contribution >= 4 is 0 Å². The average Bonchev–Trinajstić information content (AvgIpc) is 2.33. The van der Waals surface area contributed by atoms with Gasteiger partial charge in [-0.25, -0.2) is 0 Å². The van der Waals surface area contributed by atoms with Crippen molar-refractivity contribution < 1.29 is 23.0 Å². The van der Waals surface area contributed by atoms with Crippen LogP contribution in [0.1, 0.15) is 24.0 Å². The quantitative estimate of drug-likeness (QED) is 0.827. The molecule has 0 atom stereocenters. The number of nitrogens with zero attached hydrogens (tertiary/aromatic N) is 1. The lowest BCUT2D eigenvalue weighted by Crippen LogP contribution is -2.08. The molecule has 0 spiro atoms. The summed E-state index contributed by atoms with van der Waals surface area (Å²) in [5.74, 6) is 0.0688.